The summed E-state index contributed by atoms with van der Waals surface area (Å²) < 4.78 is 4.83. The van der Waals surface area contributed by atoms with Crippen molar-refractivity contribution >= 4 is 16.9 Å². The zero-order valence-electron chi connectivity index (χ0n) is 7.77. The smallest absolute Gasteiger partial charge is 0.230 e. The number of benzene rings is 1. The van der Waals surface area contributed by atoms with Gasteiger partial charge in [0.15, 0.2) is 0 Å². The third-order valence-corrected chi connectivity index (χ3v) is 2.34. The second-order valence-corrected chi connectivity index (χ2v) is 3.21. The summed E-state index contributed by atoms with van der Waals surface area (Å²) in [5.74, 6) is 0.311. The van der Waals surface area contributed by atoms with Crippen LogP contribution in [0.5, 0.6) is 0 Å². The molecule has 0 amide bonds. The van der Waals surface area contributed by atoms with Gasteiger partial charge in [-0.3, -0.25) is 0 Å². The first kappa shape index (κ1) is 8.05. The Kier molecular flexibility index (Phi) is 1.53. The molecule has 3 rings (SSSR count). The molecule has 0 fully saturated rings. The average Bonchev–Trinajstić information content (AvgIpc) is 2.85. The Morgan fingerprint density at radius 1 is 1.27 bits per heavy atom. The highest BCUT2D eigenvalue weighted by Gasteiger charge is 2.11. The fourth-order valence-corrected chi connectivity index (χ4v) is 1.63. The number of aromatic amines is 1. The van der Waals surface area contributed by atoms with Crippen molar-refractivity contribution < 1.29 is 4.52 Å². The van der Waals surface area contributed by atoms with Gasteiger partial charge in [-0.1, -0.05) is 17.3 Å². The molecule has 0 bridgehead atoms. The van der Waals surface area contributed by atoms with Crippen LogP contribution < -0.4 is 5.73 Å². The van der Waals surface area contributed by atoms with E-state index in [2.05, 4.69) is 15.1 Å². The molecular formula is C10H8N4O. The van der Waals surface area contributed by atoms with Crippen LogP contribution in [-0.4, -0.2) is 15.1 Å². The maximum absolute atomic E-state index is 5.67. The molecule has 0 atom stereocenters. The number of nitrogens with one attached hydrogen (secondary N) is 1. The maximum atomic E-state index is 5.67. The van der Waals surface area contributed by atoms with E-state index >= 15 is 0 Å². The van der Waals surface area contributed by atoms with Gasteiger partial charge in [0, 0.05) is 5.56 Å². The van der Waals surface area contributed by atoms with Crippen LogP contribution >= 0.6 is 0 Å². The maximum Gasteiger partial charge on any atom is 0.230 e. The van der Waals surface area contributed by atoms with Gasteiger partial charge in [-0.05, 0) is 6.07 Å². The van der Waals surface area contributed by atoms with Crippen LogP contribution in [0.25, 0.3) is 22.2 Å². The SMILES string of the molecule is Nc1oncc1-c1cccc2[nH]cnc12. The first-order valence-electron chi connectivity index (χ1n) is 4.49. The van der Waals surface area contributed by atoms with Crippen LogP contribution in [0.4, 0.5) is 5.88 Å². The monoisotopic (exact) mass is 200 g/mol. The molecule has 5 heteroatoms. The van der Waals surface area contributed by atoms with Crippen molar-refractivity contribution in [3.8, 4) is 11.1 Å². The highest BCUT2D eigenvalue weighted by molar-refractivity contribution is 5.93. The van der Waals surface area contributed by atoms with Crippen molar-refractivity contribution in [3.63, 3.8) is 0 Å². The predicted octanol–water partition coefficient (Wildman–Crippen LogP) is 1.80. The van der Waals surface area contributed by atoms with E-state index in [9.17, 15) is 0 Å². The largest absolute Gasteiger partial charge is 0.367 e. The Labute approximate surface area is 84.9 Å². The zero-order valence-corrected chi connectivity index (χ0v) is 7.77. The molecule has 0 saturated carbocycles. The van der Waals surface area contributed by atoms with E-state index in [4.69, 9.17) is 10.3 Å². The summed E-state index contributed by atoms with van der Waals surface area (Å²) in [4.78, 5) is 7.27. The third-order valence-electron chi connectivity index (χ3n) is 2.34. The highest BCUT2D eigenvalue weighted by Crippen LogP contribution is 2.30. The summed E-state index contributed by atoms with van der Waals surface area (Å²) in [7, 11) is 0. The van der Waals surface area contributed by atoms with Gasteiger partial charge < -0.3 is 15.2 Å². The van der Waals surface area contributed by atoms with Gasteiger partial charge in [0.05, 0.1) is 29.1 Å². The molecule has 3 N–H and O–H groups in total. The van der Waals surface area contributed by atoms with E-state index in [-0.39, 0.29) is 0 Å². The van der Waals surface area contributed by atoms with E-state index in [1.165, 1.54) is 0 Å². The molecule has 0 radical (unpaired) electrons. The fraction of sp³-hybridized carbons (Fsp3) is 0. The number of hydrogen-bond donors (Lipinski definition) is 2. The van der Waals surface area contributed by atoms with Gasteiger partial charge in [-0.15, -0.1) is 0 Å². The van der Waals surface area contributed by atoms with E-state index in [0.29, 0.717) is 5.88 Å². The van der Waals surface area contributed by atoms with Gasteiger partial charge in [-0.2, -0.15) is 0 Å². The molecule has 0 saturated heterocycles. The summed E-state index contributed by atoms with van der Waals surface area (Å²) in [6, 6.07) is 5.82. The number of H-pyrrole nitrogens is 1. The van der Waals surface area contributed by atoms with Gasteiger partial charge in [0.1, 0.15) is 0 Å². The minimum atomic E-state index is 0.311. The molecule has 2 aromatic heterocycles. The molecule has 15 heavy (non-hydrogen) atoms. The summed E-state index contributed by atoms with van der Waals surface area (Å²) in [5.41, 5.74) is 9.19. The number of hydrogen-bond acceptors (Lipinski definition) is 4. The molecule has 3 aromatic rings. The van der Waals surface area contributed by atoms with Crippen LogP contribution in [0, 0.1) is 0 Å². The molecule has 74 valence electrons. The Morgan fingerprint density at radius 3 is 3.00 bits per heavy atom. The van der Waals surface area contributed by atoms with Crippen LogP contribution in [0.2, 0.25) is 0 Å². The van der Waals surface area contributed by atoms with Crippen molar-refractivity contribution in [2.75, 3.05) is 5.73 Å². The lowest BCUT2D eigenvalue weighted by molar-refractivity contribution is 0.436. The van der Waals surface area contributed by atoms with Gasteiger partial charge in [-0.25, -0.2) is 4.98 Å². The minimum absolute atomic E-state index is 0.311. The Bertz CT molecular complexity index is 610. The normalized spacial score (nSPS) is 10.9. The van der Waals surface area contributed by atoms with Gasteiger partial charge >= 0.3 is 0 Å². The summed E-state index contributed by atoms with van der Waals surface area (Å²) in [6.45, 7) is 0. The van der Waals surface area contributed by atoms with Crippen molar-refractivity contribution in [1.82, 2.24) is 15.1 Å². The topological polar surface area (TPSA) is 80.7 Å². The minimum Gasteiger partial charge on any atom is -0.367 e. The molecule has 0 aliphatic carbocycles. The second-order valence-electron chi connectivity index (χ2n) is 3.21. The molecule has 1 aromatic carbocycles. The predicted molar refractivity (Wildman–Crippen MR) is 56.0 cm³/mol. The third kappa shape index (κ3) is 1.10. The van der Waals surface area contributed by atoms with Crippen molar-refractivity contribution in [2.45, 2.75) is 0 Å². The Balaban J connectivity index is 2.36. The molecular weight excluding hydrogens is 192 g/mol. The van der Waals surface area contributed by atoms with Crippen LogP contribution in [0.1, 0.15) is 0 Å². The standard InChI is InChI=1S/C10H8N4O/c11-10-7(4-14-15-10)6-2-1-3-8-9(6)13-5-12-8/h1-5H,11H2,(H,12,13). The number of nitrogen functional groups attached to an aromatic ring is 1. The van der Waals surface area contributed by atoms with Gasteiger partial charge in [0.2, 0.25) is 5.88 Å². The lowest BCUT2D eigenvalue weighted by Gasteiger charge is -1.98. The number of aromatic nitrogens is 3. The van der Waals surface area contributed by atoms with E-state index in [1.807, 2.05) is 18.2 Å². The number of nitrogens with two attached hydrogens (primary N) is 1. The second kappa shape index (κ2) is 2.84. The molecule has 0 unspecified atom stereocenters. The highest BCUT2D eigenvalue weighted by atomic mass is 16.5. The van der Waals surface area contributed by atoms with E-state index in [1.54, 1.807) is 12.5 Å². The fourth-order valence-electron chi connectivity index (χ4n) is 1.63. The molecule has 0 aliphatic rings. The number of para-hydroxylation sites is 1. The molecule has 0 spiro atoms. The molecule has 2 heterocycles. The molecule has 0 aliphatic heterocycles. The Morgan fingerprint density at radius 2 is 2.20 bits per heavy atom. The summed E-state index contributed by atoms with van der Waals surface area (Å²) in [6.07, 6.45) is 3.25. The number of nitrogens with zero attached hydrogens (tertiary/aromatic N) is 2. The van der Waals surface area contributed by atoms with E-state index in [0.717, 1.165) is 22.2 Å². The quantitative estimate of drug-likeness (QED) is 0.627. The van der Waals surface area contributed by atoms with Crippen molar-refractivity contribution in [1.29, 1.82) is 0 Å². The van der Waals surface area contributed by atoms with Crippen molar-refractivity contribution in [2.24, 2.45) is 0 Å². The first-order chi connectivity index (χ1) is 7.36. The number of imidazole rings is 1. The Hall–Kier alpha value is -2.30. The lowest BCUT2D eigenvalue weighted by Crippen LogP contribution is -1.85. The molecule has 5 nitrogen and oxygen atoms in total. The number of rotatable bonds is 1. The first-order valence-corrected chi connectivity index (χ1v) is 4.49. The number of anilines is 1. The van der Waals surface area contributed by atoms with Crippen LogP contribution in [0.3, 0.4) is 0 Å². The van der Waals surface area contributed by atoms with Crippen LogP contribution in [-0.2, 0) is 0 Å². The average molecular weight is 200 g/mol. The van der Waals surface area contributed by atoms with E-state index < -0.39 is 0 Å². The summed E-state index contributed by atoms with van der Waals surface area (Å²) in [5, 5.41) is 3.65. The summed E-state index contributed by atoms with van der Waals surface area (Å²) >= 11 is 0. The zero-order chi connectivity index (χ0) is 10.3. The number of fused-ring (bicyclic) bond motifs is 1. The van der Waals surface area contributed by atoms with Crippen LogP contribution in [0.15, 0.2) is 35.2 Å². The lowest BCUT2D eigenvalue weighted by atomic mass is 10.1. The van der Waals surface area contributed by atoms with Crippen molar-refractivity contribution in [3.05, 3.63) is 30.7 Å². The van der Waals surface area contributed by atoms with Gasteiger partial charge in [0.25, 0.3) is 0 Å².